The molecule has 4 aliphatic rings. The first kappa shape index (κ1) is 28.1. The van der Waals surface area contributed by atoms with Gasteiger partial charge in [0.1, 0.15) is 18.1 Å². The molecule has 10 nitrogen and oxygen atoms in total. The summed E-state index contributed by atoms with van der Waals surface area (Å²) in [5.74, 6) is -0.142. The van der Waals surface area contributed by atoms with Gasteiger partial charge in [-0.15, -0.1) is 0 Å². The lowest BCUT2D eigenvalue weighted by atomic mass is 9.65. The second-order valence-corrected chi connectivity index (χ2v) is 11.8. The summed E-state index contributed by atoms with van der Waals surface area (Å²) < 4.78 is 20.3. The van der Waals surface area contributed by atoms with E-state index in [0.29, 0.717) is 56.3 Å². The van der Waals surface area contributed by atoms with E-state index in [-0.39, 0.29) is 42.1 Å². The van der Waals surface area contributed by atoms with Crippen LogP contribution in [0.1, 0.15) is 48.9 Å². The maximum absolute atomic E-state index is 14.1. The molecular formula is C31H36FN7O3. The predicted molar refractivity (Wildman–Crippen MR) is 155 cm³/mol. The van der Waals surface area contributed by atoms with Gasteiger partial charge in [-0.2, -0.15) is 15.2 Å². The van der Waals surface area contributed by atoms with Crippen LogP contribution in [0.2, 0.25) is 0 Å². The third-order valence-corrected chi connectivity index (χ3v) is 9.36. The van der Waals surface area contributed by atoms with E-state index in [9.17, 15) is 19.2 Å². The molecule has 220 valence electrons. The molecule has 11 heteroatoms. The Morgan fingerprint density at radius 2 is 2.14 bits per heavy atom. The number of ether oxygens (including phenoxy) is 1. The van der Waals surface area contributed by atoms with Gasteiger partial charge in [0, 0.05) is 32.1 Å². The minimum Gasteiger partial charge on any atom is -0.462 e. The van der Waals surface area contributed by atoms with Crippen molar-refractivity contribution >= 4 is 23.3 Å². The van der Waals surface area contributed by atoms with E-state index in [1.54, 1.807) is 11.0 Å². The van der Waals surface area contributed by atoms with Crippen LogP contribution in [0, 0.1) is 17.1 Å². The lowest BCUT2D eigenvalue weighted by Gasteiger charge is -2.44. The number of nitrogens with zero attached hydrogens (tertiary/aromatic N) is 6. The molecule has 6 rings (SSSR count). The highest BCUT2D eigenvalue weighted by Crippen LogP contribution is 2.46. The van der Waals surface area contributed by atoms with Crippen LogP contribution in [0.15, 0.2) is 30.9 Å². The van der Waals surface area contributed by atoms with Crippen LogP contribution in [0.3, 0.4) is 0 Å². The lowest BCUT2D eigenvalue weighted by Crippen LogP contribution is -2.55. The molecule has 0 radical (unpaired) electrons. The number of hydrogen-bond acceptors (Lipinski definition) is 8. The van der Waals surface area contributed by atoms with Crippen molar-refractivity contribution < 1.29 is 18.7 Å². The van der Waals surface area contributed by atoms with E-state index in [1.807, 2.05) is 4.90 Å². The number of fused-ring (bicyclic) bond motifs is 3. The number of aromatic nitrogens is 2. The Bertz CT molecular complexity index is 1460. The zero-order chi connectivity index (χ0) is 29.4. The fraction of sp³-hybridized carbons (Fsp3) is 0.516. The summed E-state index contributed by atoms with van der Waals surface area (Å²) in [6.07, 6.45) is 6.05. The van der Waals surface area contributed by atoms with Crippen LogP contribution in [0.4, 0.5) is 15.9 Å². The number of hydrogen-bond donors (Lipinski definition) is 1. The number of carbonyl (C=O) groups excluding carboxylic acids is 2. The van der Waals surface area contributed by atoms with Crippen LogP contribution in [0.5, 0.6) is 6.01 Å². The van der Waals surface area contributed by atoms with Gasteiger partial charge < -0.3 is 24.8 Å². The second-order valence-electron chi connectivity index (χ2n) is 11.8. The van der Waals surface area contributed by atoms with Crippen LogP contribution in [0.25, 0.3) is 0 Å². The molecule has 1 aliphatic carbocycles. The maximum atomic E-state index is 14.1. The number of aryl methyl sites for hydroxylation is 1. The van der Waals surface area contributed by atoms with E-state index >= 15 is 0 Å². The zero-order valence-electron chi connectivity index (χ0n) is 23.9. The first-order valence-corrected chi connectivity index (χ1v) is 14.7. The van der Waals surface area contributed by atoms with Gasteiger partial charge >= 0.3 is 6.01 Å². The smallest absolute Gasteiger partial charge is 0.318 e. The van der Waals surface area contributed by atoms with Crippen LogP contribution in [-0.4, -0.2) is 83.5 Å². The zero-order valence-corrected chi connectivity index (χ0v) is 23.9. The molecule has 1 aromatic heterocycles. The van der Waals surface area contributed by atoms with E-state index in [4.69, 9.17) is 14.7 Å². The molecule has 0 bridgehead atoms. The van der Waals surface area contributed by atoms with E-state index in [0.717, 1.165) is 43.4 Å². The number of nitriles is 1. The minimum atomic E-state index is -0.860. The van der Waals surface area contributed by atoms with E-state index in [1.165, 1.54) is 18.2 Å². The fourth-order valence-corrected chi connectivity index (χ4v) is 7.09. The highest BCUT2D eigenvalue weighted by Gasteiger charge is 2.48. The standard InChI is InChI=1S/C31H36FN7O3/c1-3-26(40)39-15-14-38(18-22(39)10-12-33)28-27-25(34-30(36-28)42-19-23-7-5-13-37(23)2)17-31(29(41)35-27)11-4-6-20-16-21(32)8-9-24(20)31/h3,8-9,16,22-23H,1,4-7,10-11,13-15,17-19H2,2H3,(H,35,41)/t22-,23-,31?/m0/s1. The number of likely N-dealkylation sites (N-methyl/N-ethyl adjacent to an activating group) is 1. The number of likely N-dealkylation sites (tertiary alicyclic amines) is 1. The lowest BCUT2D eigenvalue weighted by molar-refractivity contribution is -0.128. The Kier molecular flexibility index (Phi) is 7.58. The third kappa shape index (κ3) is 4.98. The average Bonchev–Trinajstić information content (AvgIpc) is 3.40. The molecule has 1 unspecified atom stereocenters. The number of benzene rings is 1. The topological polar surface area (TPSA) is 115 Å². The molecule has 1 spiro atoms. The first-order chi connectivity index (χ1) is 20.3. The van der Waals surface area contributed by atoms with Gasteiger partial charge in [-0.25, -0.2) is 4.39 Å². The number of rotatable bonds is 6. The van der Waals surface area contributed by atoms with Gasteiger partial charge in [0.2, 0.25) is 11.8 Å². The SMILES string of the molecule is C=CC(=O)N1CCN(c2nc(OC[C@@H]3CCCN3C)nc3c2NC(=O)C2(CCCc4cc(F)ccc42)C3)C[C@@H]1CC#N. The van der Waals surface area contributed by atoms with Crippen molar-refractivity contribution in [2.75, 3.05) is 50.1 Å². The Labute approximate surface area is 245 Å². The number of nitrogens with one attached hydrogen (secondary N) is 1. The Balaban J connectivity index is 1.38. The maximum Gasteiger partial charge on any atom is 0.318 e. The molecule has 1 N–H and O–H groups in total. The highest BCUT2D eigenvalue weighted by atomic mass is 19.1. The number of amides is 2. The summed E-state index contributed by atoms with van der Waals surface area (Å²) in [5, 5.41) is 12.6. The largest absolute Gasteiger partial charge is 0.462 e. The third-order valence-electron chi connectivity index (χ3n) is 9.36. The molecule has 1 aromatic carbocycles. The summed E-state index contributed by atoms with van der Waals surface area (Å²) in [6.45, 7) is 6.29. The molecule has 2 saturated heterocycles. The number of anilines is 2. The van der Waals surface area contributed by atoms with Crippen molar-refractivity contribution in [1.29, 1.82) is 5.26 Å². The van der Waals surface area contributed by atoms with Gasteiger partial charge in [-0.1, -0.05) is 12.6 Å². The summed E-state index contributed by atoms with van der Waals surface area (Å²) in [5.41, 5.74) is 2.05. The van der Waals surface area contributed by atoms with Crippen molar-refractivity contribution in [1.82, 2.24) is 19.8 Å². The van der Waals surface area contributed by atoms with Gasteiger partial charge in [-0.3, -0.25) is 9.59 Å². The molecule has 2 aromatic rings. The first-order valence-electron chi connectivity index (χ1n) is 14.7. The fourth-order valence-electron chi connectivity index (χ4n) is 7.09. The van der Waals surface area contributed by atoms with Gasteiger partial charge in [-0.05, 0) is 75.0 Å². The highest BCUT2D eigenvalue weighted by molar-refractivity contribution is 6.04. The molecule has 3 atom stereocenters. The van der Waals surface area contributed by atoms with E-state index in [2.05, 4.69) is 29.9 Å². The van der Waals surface area contributed by atoms with Crippen molar-refractivity contribution in [3.63, 3.8) is 0 Å². The van der Waals surface area contributed by atoms with Crippen molar-refractivity contribution in [2.24, 2.45) is 0 Å². The summed E-state index contributed by atoms with van der Waals surface area (Å²) in [7, 11) is 2.09. The predicted octanol–water partition coefficient (Wildman–Crippen LogP) is 2.97. The quantitative estimate of drug-likeness (QED) is 0.525. The average molecular weight is 574 g/mol. The Morgan fingerprint density at radius 1 is 1.29 bits per heavy atom. The molecule has 2 amide bonds. The molecule has 2 fully saturated rings. The van der Waals surface area contributed by atoms with Crippen LogP contribution >= 0.6 is 0 Å². The van der Waals surface area contributed by atoms with Gasteiger partial charge in [0.25, 0.3) is 0 Å². The Morgan fingerprint density at radius 3 is 2.90 bits per heavy atom. The molecule has 0 saturated carbocycles. The number of carbonyl (C=O) groups is 2. The summed E-state index contributed by atoms with van der Waals surface area (Å²) >= 11 is 0. The molecular weight excluding hydrogens is 537 g/mol. The number of piperazine rings is 1. The van der Waals surface area contributed by atoms with Crippen LogP contribution < -0.4 is 15.0 Å². The van der Waals surface area contributed by atoms with Crippen molar-refractivity contribution in [2.45, 2.75) is 62.4 Å². The summed E-state index contributed by atoms with van der Waals surface area (Å²) in [6, 6.07) is 7.05. The summed E-state index contributed by atoms with van der Waals surface area (Å²) in [4.78, 5) is 42.1. The van der Waals surface area contributed by atoms with Gasteiger partial charge in [0.15, 0.2) is 5.82 Å². The molecule has 3 aliphatic heterocycles. The second kappa shape index (κ2) is 11.3. The normalized spacial score (nSPS) is 25.4. The monoisotopic (exact) mass is 573 g/mol. The van der Waals surface area contributed by atoms with Crippen LogP contribution in [-0.2, 0) is 27.8 Å². The van der Waals surface area contributed by atoms with Crippen molar-refractivity contribution in [3.8, 4) is 12.1 Å². The number of halogens is 1. The van der Waals surface area contributed by atoms with Crippen molar-refractivity contribution in [3.05, 3.63) is 53.5 Å². The van der Waals surface area contributed by atoms with Gasteiger partial charge in [0.05, 0.1) is 29.6 Å². The molecule has 4 heterocycles. The molecule has 42 heavy (non-hydrogen) atoms. The minimum absolute atomic E-state index is 0.150. The van der Waals surface area contributed by atoms with E-state index < -0.39 is 5.41 Å². The Hall–Kier alpha value is -4.04.